The summed E-state index contributed by atoms with van der Waals surface area (Å²) in [7, 11) is 0. The van der Waals surface area contributed by atoms with Crippen LogP contribution in [0.3, 0.4) is 0 Å². The summed E-state index contributed by atoms with van der Waals surface area (Å²) in [6.45, 7) is 11.2. The number of carbonyl (C=O) groups excluding carboxylic acids is 1. The molecule has 0 aliphatic carbocycles. The van der Waals surface area contributed by atoms with E-state index in [9.17, 15) is 4.79 Å². The Balaban J connectivity index is 2.01. The van der Waals surface area contributed by atoms with Crippen molar-refractivity contribution in [2.24, 2.45) is 10.4 Å². The molecule has 2 rings (SSSR count). The van der Waals surface area contributed by atoms with Crippen LogP contribution in [-0.2, 0) is 20.9 Å². The van der Waals surface area contributed by atoms with Gasteiger partial charge in [0.15, 0.2) is 0 Å². The van der Waals surface area contributed by atoms with Crippen LogP contribution in [0.4, 0.5) is 5.69 Å². The Morgan fingerprint density at radius 2 is 1.69 bits per heavy atom. The zero-order valence-corrected chi connectivity index (χ0v) is 17.7. The summed E-state index contributed by atoms with van der Waals surface area (Å²) in [6.07, 6.45) is 1.44. The van der Waals surface area contributed by atoms with Gasteiger partial charge in [0.25, 0.3) is 0 Å². The molecule has 0 amide bonds. The maximum atomic E-state index is 12.8. The Labute approximate surface area is 174 Å². The Hall–Kier alpha value is -2.72. The number of aliphatic imine (C=N–C) groups is 1. The fourth-order valence-corrected chi connectivity index (χ4v) is 3.03. The van der Waals surface area contributed by atoms with Gasteiger partial charge in [-0.25, -0.2) is 0 Å². The number of hydrogen-bond acceptors (Lipinski definition) is 4. The molecule has 2 aromatic rings. The van der Waals surface area contributed by atoms with Crippen LogP contribution < -0.4 is 0 Å². The molecule has 0 aliphatic heterocycles. The molecule has 0 aliphatic rings. The van der Waals surface area contributed by atoms with Gasteiger partial charge >= 0.3 is 5.97 Å². The number of nitrogens with zero attached hydrogens (tertiary/aromatic N) is 1. The van der Waals surface area contributed by atoms with Crippen LogP contribution in [0.25, 0.3) is 0 Å². The van der Waals surface area contributed by atoms with Crippen LogP contribution in [0.5, 0.6) is 0 Å². The Morgan fingerprint density at radius 1 is 1.07 bits per heavy atom. The van der Waals surface area contributed by atoms with Gasteiger partial charge in [-0.2, -0.15) is 0 Å². The zero-order valence-electron chi connectivity index (χ0n) is 17.7. The number of para-hydroxylation sites is 1. The van der Waals surface area contributed by atoms with Crippen LogP contribution in [-0.4, -0.2) is 24.9 Å². The number of hydrogen-bond donors (Lipinski definition) is 0. The van der Waals surface area contributed by atoms with Crippen LogP contribution >= 0.6 is 0 Å². The van der Waals surface area contributed by atoms with Crippen molar-refractivity contribution in [2.45, 2.75) is 40.2 Å². The minimum Gasteiger partial charge on any atom is -0.465 e. The predicted octanol–water partition coefficient (Wildman–Crippen LogP) is 5.90. The van der Waals surface area contributed by atoms with Crippen molar-refractivity contribution in [1.29, 1.82) is 0 Å². The van der Waals surface area contributed by atoms with Gasteiger partial charge in [-0.1, -0.05) is 60.7 Å². The van der Waals surface area contributed by atoms with E-state index in [2.05, 4.69) is 11.6 Å². The number of esters is 1. The largest absolute Gasteiger partial charge is 0.465 e. The molecule has 1 atom stereocenters. The summed E-state index contributed by atoms with van der Waals surface area (Å²) in [5.41, 5.74) is 2.45. The third kappa shape index (κ3) is 6.40. The van der Waals surface area contributed by atoms with E-state index in [1.807, 2.05) is 81.4 Å². The molecule has 0 N–H and O–H groups in total. The van der Waals surface area contributed by atoms with Crippen molar-refractivity contribution in [3.63, 3.8) is 0 Å². The van der Waals surface area contributed by atoms with Gasteiger partial charge in [-0.15, -0.1) is 0 Å². The molecule has 154 valence electrons. The molecule has 4 heteroatoms. The third-order valence-electron chi connectivity index (χ3n) is 5.05. The van der Waals surface area contributed by atoms with E-state index < -0.39 is 5.41 Å². The van der Waals surface area contributed by atoms with E-state index in [-0.39, 0.29) is 5.97 Å². The van der Waals surface area contributed by atoms with Crippen LogP contribution in [0.2, 0.25) is 0 Å². The third-order valence-corrected chi connectivity index (χ3v) is 5.05. The molecular weight excluding hydrogens is 362 g/mol. The molecule has 0 fully saturated rings. The molecule has 4 nitrogen and oxygen atoms in total. The summed E-state index contributed by atoms with van der Waals surface area (Å²) in [5, 5.41) is 0. The Kier molecular flexibility index (Phi) is 8.81. The first kappa shape index (κ1) is 22.6. The van der Waals surface area contributed by atoms with Crippen molar-refractivity contribution in [2.75, 3.05) is 13.2 Å². The average molecular weight is 394 g/mol. The summed E-state index contributed by atoms with van der Waals surface area (Å²) in [6, 6.07) is 19.7. The lowest BCUT2D eigenvalue weighted by atomic mass is 9.76. The normalized spacial score (nSPS) is 13.6. The molecule has 0 bridgehead atoms. The first-order valence-corrected chi connectivity index (χ1v) is 10.1. The lowest BCUT2D eigenvalue weighted by molar-refractivity contribution is -0.148. The number of carbonyl (C=O) groups is 1. The fourth-order valence-electron chi connectivity index (χ4n) is 3.03. The van der Waals surface area contributed by atoms with Gasteiger partial charge in [0.05, 0.1) is 18.9 Å². The molecule has 0 saturated carbocycles. The molecule has 0 heterocycles. The minimum atomic E-state index is -0.967. The first-order chi connectivity index (χ1) is 14.0. The lowest BCUT2D eigenvalue weighted by Crippen LogP contribution is -2.38. The maximum absolute atomic E-state index is 12.8. The van der Waals surface area contributed by atoms with Gasteiger partial charge in [-0.3, -0.25) is 9.79 Å². The van der Waals surface area contributed by atoms with E-state index in [4.69, 9.17) is 9.47 Å². The van der Waals surface area contributed by atoms with Crippen molar-refractivity contribution in [3.05, 3.63) is 78.4 Å². The highest BCUT2D eigenvalue weighted by Crippen LogP contribution is 2.34. The predicted molar refractivity (Wildman–Crippen MR) is 118 cm³/mol. The monoisotopic (exact) mass is 393 g/mol. The maximum Gasteiger partial charge on any atom is 0.321 e. The summed E-state index contributed by atoms with van der Waals surface area (Å²) >= 11 is 0. The van der Waals surface area contributed by atoms with Crippen LogP contribution in [0.15, 0.2) is 77.8 Å². The summed E-state index contributed by atoms with van der Waals surface area (Å²) in [4.78, 5) is 17.5. The topological polar surface area (TPSA) is 47.9 Å². The van der Waals surface area contributed by atoms with Gasteiger partial charge in [0, 0.05) is 12.3 Å². The Morgan fingerprint density at radius 3 is 2.31 bits per heavy atom. The number of benzene rings is 2. The summed E-state index contributed by atoms with van der Waals surface area (Å²) < 4.78 is 11.1. The van der Waals surface area contributed by atoms with Gasteiger partial charge in [0.2, 0.25) is 0 Å². The molecular formula is C25H31NO3. The van der Waals surface area contributed by atoms with Crippen LogP contribution in [0.1, 0.15) is 39.2 Å². The fraction of sp³-hybridized carbons (Fsp3) is 0.360. The van der Waals surface area contributed by atoms with Gasteiger partial charge in [0.1, 0.15) is 5.41 Å². The molecule has 0 radical (unpaired) electrons. The van der Waals surface area contributed by atoms with Gasteiger partial charge in [-0.05, 0) is 51.3 Å². The second-order valence-electron chi connectivity index (χ2n) is 7.12. The smallest absolute Gasteiger partial charge is 0.321 e. The molecule has 0 spiro atoms. The second kappa shape index (κ2) is 11.3. The van der Waals surface area contributed by atoms with Crippen LogP contribution in [0, 0.1) is 5.41 Å². The highest BCUT2D eigenvalue weighted by atomic mass is 16.5. The van der Waals surface area contributed by atoms with Crippen molar-refractivity contribution in [3.8, 4) is 0 Å². The molecule has 29 heavy (non-hydrogen) atoms. The standard InChI is InChI=1S/C25H31NO3/c1-5-29-24(27)25(4,21(3)26-23-16-10-7-11-17-23)20(2)13-12-18-28-19-22-14-8-6-9-15-22/h6-11,14-17H,2,5,12-13,18-19H2,1,3-4H3. The number of rotatable bonds is 11. The van der Waals surface area contributed by atoms with Crippen molar-refractivity contribution in [1.82, 2.24) is 0 Å². The SMILES string of the molecule is C=C(CCCOCc1ccccc1)C(C)(C(=O)OCC)C(C)=Nc1ccccc1. The molecule has 0 saturated heterocycles. The number of ether oxygens (including phenoxy) is 2. The molecule has 1 unspecified atom stereocenters. The van der Waals surface area contributed by atoms with E-state index in [1.165, 1.54) is 0 Å². The van der Waals surface area contributed by atoms with E-state index >= 15 is 0 Å². The van der Waals surface area contributed by atoms with Gasteiger partial charge < -0.3 is 9.47 Å². The average Bonchev–Trinajstić information content (AvgIpc) is 2.74. The highest BCUT2D eigenvalue weighted by molar-refractivity contribution is 6.09. The van der Waals surface area contributed by atoms with E-state index in [0.717, 1.165) is 23.2 Å². The highest BCUT2D eigenvalue weighted by Gasteiger charge is 2.40. The quantitative estimate of drug-likeness (QED) is 0.207. The van der Waals surface area contributed by atoms with E-state index in [1.54, 1.807) is 0 Å². The van der Waals surface area contributed by atoms with Crippen molar-refractivity contribution < 1.29 is 14.3 Å². The minimum absolute atomic E-state index is 0.313. The lowest BCUT2D eigenvalue weighted by Gasteiger charge is -2.29. The van der Waals surface area contributed by atoms with Crippen molar-refractivity contribution >= 4 is 17.4 Å². The van der Waals surface area contributed by atoms with E-state index in [0.29, 0.717) is 32.0 Å². The Bertz CT molecular complexity index is 814. The molecule has 0 aromatic heterocycles. The first-order valence-electron chi connectivity index (χ1n) is 10.1. The summed E-state index contributed by atoms with van der Waals surface area (Å²) in [5.74, 6) is -0.313. The molecule has 2 aromatic carbocycles. The zero-order chi connectivity index (χ0) is 21.1. The second-order valence-corrected chi connectivity index (χ2v) is 7.12.